The van der Waals surface area contributed by atoms with Crippen LogP contribution >= 0.6 is 0 Å². The molecule has 0 radical (unpaired) electrons. The third-order valence-electron chi connectivity index (χ3n) is 5.49. The Morgan fingerprint density at radius 2 is 1.94 bits per heavy atom. The van der Waals surface area contributed by atoms with Gasteiger partial charge in [0, 0.05) is 69.7 Å². The van der Waals surface area contributed by atoms with E-state index in [2.05, 4.69) is 15.1 Å². The van der Waals surface area contributed by atoms with Crippen molar-refractivity contribution in [1.29, 1.82) is 0 Å². The standard InChI is InChI=1S/C22H25F3N6O/c1-28(2)21(32)20-18-15-29(10-8-19(18)30(27-20)11-9-22(23,24)25)13-16-12-26-31(14-16)17-6-4-3-5-7-17/h3-7,12,14H,8-11,13,15H2,1-2H3. The van der Waals surface area contributed by atoms with E-state index >= 15 is 0 Å². The number of aromatic nitrogens is 4. The van der Waals surface area contributed by atoms with Gasteiger partial charge < -0.3 is 4.90 Å². The van der Waals surface area contributed by atoms with Gasteiger partial charge in [0.2, 0.25) is 0 Å². The fourth-order valence-electron chi connectivity index (χ4n) is 3.90. The Hall–Kier alpha value is -3.14. The summed E-state index contributed by atoms with van der Waals surface area (Å²) in [6.07, 6.45) is -0.943. The molecule has 3 heterocycles. The Bertz CT molecular complexity index is 1090. The molecule has 0 N–H and O–H groups in total. The highest BCUT2D eigenvalue weighted by Gasteiger charge is 2.32. The fraction of sp³-hybridized carbons (Fsp3) is 0.409. The average Bonchev–Trinajstić information content (AvgIpc) is 3.36. The van der Waals surface area contributed by atoms with E-state index in [0.717, 1.165) is 16.9 Å². The topological polar surface area (TPSA) is 59.2 Å². The van der Waals surface area contributed by atoms with Crippen LogP contribution in [0.5, 0.6) is 0 Å². The third-order valence-corrected chi connectivity index (χ3v) is 5.49. The summed E-state index contributed by atoms with van der Waals surface area (Å²) in [4.78, 5) is 16.2. The Morgan fingerprint density at radius 3 is 2.62 bits per heavy atom. The number of carbonyl (C=O) groups excluding carboxylic acids is 1. The van der Waals surface area contributed by atoms with E-state index in [4.69, 9.17) is 0 Å². The SMILES string of the molecule is CN(C)C(=O)c1nn(CCC(F)(F)F)c2c1CN(Cc1cnn(-c3ccccc3)c1)CC2. The van der Waals surface area contributed by atoms with Crippen LogP contribution in [0.2, 0.25) is 0 Å². The molecule has 1 amide bonds. The average molecular weight is 446 g/mol. The van der Waals surface area contributed by atoms with Gasteiger partial charge in [0.25, 0.3) is 5.91 Å². The predicted molar refractivity (Wildman–Crippen MR) is 112 cm³/mol. The maximum Gasteiger partial charge on any atom is 0.390 e. The molecule has 0 atom stereocenters. The molecule has 0 spiro atoms. The van der Waals surface area contributed by atoms with Crippen molar-refractivity contribution in [3.63, 3.8) is 0 Å². The smallest absolute Gasteiger partial charge is 0.343 e. The molecular formula is C22H25F3N6O. The normalized spacial score (nSPS) is 14.4. The second kappa shape index (κ2) is 8.78. The van der Waals surface area contributed by atoms with Crippen molar-refractivity contribution >= 4 is 5.91 Å². The molecule has 0 saturated carbocycles. The van der Waals surface area contributed by atoms with Crippen LogP contribution in [0, 0.1) is 0 Å². The van der Waals surface area contributed by atoms with Crippen molar-refractivity contribution in [2.45, 2.75) is 38.7 Å². The molecule has 4 rings (SSSR count). The van der Waals surface area contributed by atoms with E-state index in [9.17, 15) is 18.0 Å². The number of amides is 1. The van der Waals surface area contributed by atoms with Crippen LogP contribution in [0.25, 0.3) is 5.69 Å². The van der Waals surface area contributed by atoms with Gasteiger partial charge in [-0.3, -0.25) is 14.4 Å². The van der Waals surface area contributed by atoms with Gasteiger partial charge >= 0.3 is 6.18 Å². The Balaban J connectivity index is 1.54. The molecule has 7 nitrogen and oxygen atoms in total. The molecule has 0 aliphatic carbocycles. The van der Waals surface area contributed by atoms with Crippen LogP contribution in [-0.2, 0) is 26.1 Å². The minimum absolute atomic E-state index is 0.233. The zero-order chi connectivity index (χ0) is 22.9. The highest BCUT2D eigenvalue weighted by atomic mass is 19.4. The van der Waals surface area contributed by atoms with Crippen LogP contribution < -0.4 is 0 Å². The lowest BCUT2D eigenvalue weighted by atomic mass is 10.0. The summed E-state index contributed by atoms with van der Waals surface area (Å²) in [5, 5.41) is 8.71. The lowest BCUT2D eigenvalue weighted by molar-refractivity contribution is -0.137. The Kier molecular flexibility index (Phi) is 6.05. The first-order valence-electron chi connectivity index (χ1n) is 10.4. The van der Waals surface area contributed by atoms with Crippen LogP contribution in [0.4, 0.5) is 13.2 Å². The number of carbonyl (C=O) groups is 1. The molecule has 1 aliphatic heterocycles. The van der Waals surface area contributed by atoms with E-state index in [0.29, 0.717) is 31.6 Å². The first kappa shape index (κ1) is 22.1. The number of alkyl halides is 3. The molecular weight excluding hydrogens is 421 g/mol. The number of benzene rings is 1. The largest absolute Gasteiger partial charge is 0.390 e. The quantitative estimate of drug-likeness (QED) is 0.583. The molecule has 2 aromatic heterocycles. The van der Waals surface area contributed by atoms with E-state index in [1.807, 2.05) is 36.5 Å². The first-order valence-corrected chi connectivity index (χ1v) is 10.4. The Labute approximate surface area is 184 Å². The molecule has 0 bridgehead atoms. The van der Waals surface area contributed by atoms with Gasteiger partial charge in [0.15, 0.2) is 5.69 Å². The highest BCUT2D eigenvalue weighted by molar-refractivity contribution is 5.93. The van der Waals surface area contributed by atoms with E-state index in [1.54, 1.807) is 25.0 Å². The highest BCUT2D eigenvalue weighted by Crippen LogP contribution is 2.27. The second-order valence-corrected chi connectivity index (χ2v) is 8.15. The van der Waals surface area contributed by atoms with Crippen molar-refractivity contribution in [2.75, 3.05) is 20.6 Å². The molecule has 1 aromatic carbocycles. The van der Waals surface area contributed by atoms with Crippen LogP contribution in [-0.4, -0.2) is 62.1 Å². The summed E-state index contributed by atoms with van der Waals surface area (Å²) >= 11 is 0. The van der Waals surface area contributed by atoms with Crippen molar-refractivity contribution < 1.29 is 18.0 Å². The van der Waals surface area contributed by atoms with Gasteiger partial charge in [-0.2, -0.15) is 23.4 Å². The summed E-state index contributed by atoms with van der Waals surface area (Å²) in [6.45, 7) is 1.45. The molecule has 3 aromatic rings. The molecule has 32 heavy (non-hydrogen) atoms. The van der Waals surface area contributed by atoms with E-state index in [-0.39, 0.29) is 18.1 Å². The van der Waals surface area contributed by atoms with Crippen molar-refractivity contribution in [2.24, 2.45) is 0 Å². The molecule has 170 valence electrons. The number of fused-ring (bicyclic) bond motifs is 1. The minimum atomic E-state index is -4.27. The zero-order valence-electron chi connectivity index (χ0n) is 18.0. The van der Waals surface area contributed by atoms with Gasteiger partial charge in [0.1, 0.15) is 0 Å². The van der Waals surface area contributed by atoms with Gasteiger partial charge in [-0.05, 0) is 12.1 Å². The number of hydrogen-bond donors (Lipinski definition) is 0. The van der Waals surface area contributed by atoms with Crippen LogP contribution in [0.3, 0.4) is 0 Å². The second-order valence-electron chi connectivity index (χ2n) is 8.15. The van der Waals surface area contributed by atoms with Crippen LogP contribution in [0.15, 0.2) is 42.7 Å². The number of nitrogens with zero attached hydrogens (tertiary/aromatic N) is 6. The van der Waals surface area contributed by atoms with Crippen molar-refractivity contribution in [1.82, 2.24) is 29.4 Å². The van der Waals surface area contributed by atoms with Gasteiger partial charge in [-0.15, -0.1) is 0 Å². The molecule has 0 saturated heterocycles. The number of aryl methyl sites for hydroxylation is 1. The molecule has 10 heteroatoms. The number of rotatable bonds is 6. The molecule has 0 unspecified atom stereocenters. The lowest BCUT2D eigenvalue weighted by Crippen LogP contribution is -2.32. The van der Waals surface area contributed by atoms with Crippen molar-refractivity contribution in [3.8, 4) is 5.69 Å². The predicted octanol–water partition coefficient (Wildman–Crippen LogP) is 3.28. The summed E-state index contributed by atoms with van der Waals surface area (Å²) in [7, 11) is 3.23. The monoisotopic (exact) mass is 446 g/mol. The summed E-state index contributed by atoms with van der Waals surface area (Å²) in [5.74, 6) is -0.300. The maximum absolute atomic E-state index is 12.8. The molecule has 0 fully saturated rings. The minimum Gasteiger partial charge on any atom is -0.343 e. The molecule has 1 aliphatic rings. The van der Waals surface area contributed by atoms with Gasteiger partial charge in [-0.25, -0.2) is 4.68 Å². The van der Waals surface area contributed by atoms with E-state index < -0.39 is 12.6 Å². The summed E-state index contributed by atoms with van der Waals surface area (Å²) in [6, 6.07) is 9.78. The van der Waals surface area contributed by atoms with E-state index in [1.165, 1.54) is 9.58 Å². The maximum atomic E-state index is 12.8. The van der Waals surface area contributed by atoms with Crippen LogP contribution in [0.1, 0.15) is 33.7 Å². The number of halogens is 3. The number of para-hydroxylation sites is 1. The summed E-state index contributed by atoms with van der Waals surface area (Å²) in [5.41, 5.74) is 3.65. The first-order chi connectivity index (χ1) is 15.2. The van der Waals surface area contributed by atoms with Crippen molar-refractivity contribution in [3.05, 3.63) is 65.2 Å². The lowest BCUT2D eigenvalue weighted by Gasteiger charge is -2.27. The van der Waals surface area contributed by atoms with Gasteiger partial charge in [-0.1, -0.05) is 18.2 Å². The Morgan fingerprint density at radius 1 is 1.19 bits per heavy atom. The number of hydrogen-bond acceptors (Lipinski definition) is 4. The zero-order valence-corrected chi connectivity index (χ0v) is 18.0. The third kappa shape index (κ3) is 4.85. The summed E-state index contributed by atoms with van der Waals surface area (Å²) < 4.78 is 41.5. The fourth-order valence-corrected chi connectivity index (χ4v) is 3.90. The van der Waals surface area contributed by atoms with Gasteiger partial charge in [0.05, 0.1) is 18.3 Å².